The molecule has 0 saturated carbocycles. The molecule has 1 fully saturated rings. The van der Waals surface area contributed by atoms with Crippen molar-refractivity contribution in [1.82, 2.24) is 10.3 Å². The van der Waals surface area contributed by atoms with Crippen molar-refractivity contribution in [2.24, 2.45) is 5.92 Å². The molecule has 108 valence electrons. The summed E-state index contributed by atoms with van der Waals surface area (Å²) >= 11 is 1.84. The van der Waals surface area contributed by atoms with Crippen LogP contribution in [0.1, 0.15) is 51.8 Å². The second-order valence-electron chi connectivity index (χ2n) is 6.55. The van der Waals surface area contributed by atoms with Crippen LogP contribution < -0.4 is 10.2 Å². The van der Waals surface area contributed by atoms with Crippen molar-refractivity contribution >= 4 is 16.5 Å². The summed E-state index contributed by atoms with van der Waals surface area (Å²) in [6.07, 6.45) is 6.01. The average molecular weight is 281 g/mol. The van der Waals surface area contributed by atoms with Crippen molar-refractivity contribution in [3.8, 4) is 0 Å². The molecule has 3 nitrogen and oxygen atoms in total. The van der Waals surface area contributed by atoms with Crippen LogP contribution >= 0.6 is 11.3 Å². The van der Waals surface area contributed by atoms with E-state index < -0.39 is 0 Å². The highest BCUT2D eigenvalue weighted by Gasteiger charge is 2.20. The molecule has 1 N–H and O–H groups in total. The van der Waals surface area contributed by atoms with Gasteiger partial charge in [-0.25, -0.2) is 4.98 Å². The van der Waals surface area contributed by atoms with Crippen LogP contribution in [0.15, 0.2) is 6.20 Å². The Kier molecular flexibility index (Phi) is 4.85. The number of nitrogens with zero attached hydrogens (tertiary/aromatic N) is 2. The Morgan fingerprint density at radius 1 is 1.37 bits per heavy atom. The first-order valence-electron chi connectivity index (χ1n) is 7.42. The Morgan fingerprint density at radius 3 is 2.63 bits per heavy atom. The molecule has 1 aliphatic rings. The van der Waals surface area contributed by atoms with Gasteiger partial charge in [0.05, 0.1) is 0 Å². The number of nitrogens with one attached hydrogen (secondary N) is 1. The lowest BCUT2D eigenvalue weighted by atomic mass is 9.95. The minimum absolute atomic E-state index is 0.170. The van der Waals surface area contributed by atoms with Gasteiger partial charge in [-0.15, -0.1) is 11.3 Å². The first kappa shape index (κ1) is 14.8. The normalized spacial score (nSPS) is 18.0. The van der Waals surface area contributed by atoms with Gasteiger partial charge < -0.3 is 10.2 Å². The van der Waals surface area contributed by atoms with Gasteiger partial charge in [0.15, 0.2) is 5.13 Å². The van der Waals surface area contributed by atoms with E-state index in [0.29, 0.717) is 0 Å². The van der Waals surface area contributed by atoms with Crippen LogP contribution in [0.3, 0.4) is 0 Å². The van der Waals surface area contributed by atoms with E-state index in [-0.39, 0.29) is 5.54 Å². The van der Waals surface area contributed by atoms with Crippen LogP contribution in [0.2, 0.25) is 0 Å². The number of rotatable bonds is 4. The van der Waals surface area contributed by atoms with E-state index in [1.807, 2.05) is 17.5 Å². The molecule has 2 rings (SSSR count). The van der Waals surface area contributed by atoms with E-state index in [4.69, 9.17) is 0 Å². The first-order valence-corrected chi connectivity index (χ1v) is 8.24. The fourth-order valence-electron chi connectivity index (χ4n) is 2.41. The molecule has 0 spiro atoms. The number of aromatic nitrogens is 1. The zero-order chi connectivity index (χ0) is 13.9. The fraction of sp³-hybridized carbons (Fsp3) is 0.800. The second-order valence-corrected chi connectivity index (χ2v) is 7.65. The van der Waals surface area contributed by atoms with Gasteiger partial charge in [0, 0.05) is 36.2 Å². The van der Waals surface area contributed by atoms with Crippen molar-refractivity contribution in [3.63, 3.8) is 0 Å². The fourth-order valence-corrected chi connectivity index (χ4v) is 3.31. The van der Waals surface area contributed by atoms with Gasteiger partial charge in [-0.3, -0.25) is 0 Å². The minimum atomic E-state index is 0.170. The van der Waals surface area contributed by atoms with Crippen LogP contribution in [0.4, 0.5) is 5.13 Å². The summed E-state index contributed by atoms with van der Waals surface area (Å²) in [5, 5.41) is 4.73. The highest BCUT2D eigenvalue weighted by molar-refractivity contribution is 7.15. The summed E-state index contributed by atoms with van der Waals surface area (Å²) in [6.45, 7) is 12.2. The van der Waals surface area contributed by atoms with Crippen molar-refractivity contribution in [3.05, 3.63) is 11.1 Å². The molecule has 19 heavy (non-hydrogen) atoms. The van der Waals surface area contributed by atoms with Crippen molar-refractivity contribution in [2.45, 2.75) is 59.0 Å². The van der Waals surface area contributed by atoms with E-state index in [9.17, 15) is 0 Å². The molecule has 1 aromatic rings. The Balaban J connectivity index is 1.87. The van der Waals surface area contributed by atoms with Gasteiger partial charge >= 0.3 is 0 Å². The van der Waals surface area contributed by atoms with Gasteiger partial charge in [-0.05, 0) is 39.5 Å². The molecule has 0 radical (unpaired) electrons. The second kappa shape index (κ2) is 6.23. The molecule has 0 amide bonds. The Bertz CT molecular complexity index is 386. The average Bonchev–Trinajstić information content (AvgIpc) is 2.84. The smallest absolute Gasteiger partial charge is 0.185 e. The third kappa shape index (κ3) is 4.46. The number of thiazole rings is 1. The Morgan fingerprint density at radius 2 is 2.05 bits per heavy atom. The van der Waals surface area contributed by atoms with Crippen molar-refractivity contribution in [1.29, 1.82) is 0 Å². The van der Waals surface area contributed by atoms with Crippen molar-refractivity contribution < 1.29 is 0 Å². The molecule has 1 saturated heterocycles. The maximum atomic E-state index is 4.60. The number of hydrogen-bond acceptors (Lipinski definition) is 4. The molecule has 0 aromatic carbocycles. The predicted molar refractivity (Wildman–Crippen MR) is 83.9 cm³/mol. The van der Waals surface area contributed by atoms with E-state index in [1.165, 1.54) is 42.4 Å². The molecule has 1 aliphatic heterocycles. The molecular formula is C15H27N3S. The van der Waals surface area contributed by atoms with Gasteiger partial charge in [0.25, 0.3) is 0 Å². The predicted octanol–water partition coefficient (Wildman–Crippen LogP) is 3.66. The summed E-state index contributed by atoms with van der Waals surface area (Å²) in [7, 11) is 0. The van der Waals surface area contributed by atoms with Crippen LogP contribution in [0, 0.1) is 5.92 Å². The third-order valence-corrected chi connectivity index (χ3v) is 4.85. The molecule has 0 bridgehead atoms. The van der Waals surface area contributed by atoms with E-state index >= 15 is 0 Å². The lowest BCUT2D eigenvalue weighted by Gasteiger charge is -2.31. The van der Waals surface area contributed by atoms with Gasteiger partial charge in [0.2, 0.25) is 0 Å². The summed E-state index contributed by atoms with van der Waals surface area (Å²) in [5.74, 6) is 0.929. The monoisotopic (exact) mass is 281 g/mol. The van der Waals surface area contributed by atoms with Crippen LogP contribution in [0.25, 0.3) is 0 Å². The highest BCUT2D eigenvalue weighted by atomic mass is 32.1. The highest BCUT2D eigenvalue weighted by Crippen LogP contribution is 2.28. The molecule has 2 heterocycles. The van der Waals surface area contributed by atoms with Crippen LogP contribution in [-0.4, -0.2) is 23.6 Å². The lowest BCUT2D eigenvalue weighted by Crippen LogP contribution is -2.34. The Labute approximate surface area is 121 Å². The lowest BCUT2D eigenvalue weighted by molar-refractivity contribution is 0.395. The largest absolute Gasteiger partial charge is 0.348 e. The van der Waals surface area contributed by atoms with Gasteiger partial charge in [-0.1, -0.05) is 13.3 Å². The van der Waals surface area contributed by atoms with Crippen LogP contribution in [0.5, 0.6) is 0 Å². The van der Waals surface area contributed by atoms with Crippen LogP contribution in [-0.2, 0) is 6.54 Å². The van der Waals surface area contributed by atoms with Gasteiger partial charge in [-0.2, -0.15) is 0 Å². The maximum Gasteiger partial charge on any atom is 0.185 e. The number of piperidine rings is 1. The summed E-state index contributed by atoms with van der Waals surface area (Å²) in [5.41, 5.74) is 0.170. The SMILES string of the molecule is CCC1CCN(c2ncc(CNC(C)(C)C)s2)CC1. The van der Waals surface area contributed by atoms with E-state index in [0.717, 1.165) is 12.5 Å². The zero-order valence-electron chi connectivity index (χ0n) is 12.7. The minimum Gasteiger partial charge on any atom is -0.348 e. The quantitative estimate of drug-likeness (QED) is 0.913. The molecule has 1 aromatic heterocycles. The summed E-state index contributed by atoms with van der Waals surface area (Å²) < 4.78 is 0. The summed E-state index contributed by atoms with van der Waals surface area (Å²) in [4.78, 5) is 8.39. The Hall–Kier alpha value is -0.610. The molecule has 0 atom stereocenters. The molecule has 4 heteroatoms. The summed E-state index contributed by atoms with van der Waals surface area (Å²) in [6, 6.07) is 0. The van der Waals surface area contributed by atoms with Crippen molar-refractivity contribution in [2.75, 3.05) is 18.0 Å². The number of hydrogen-bond donors (Lipinski definition) is 1. The topological polar surface area (TPSA) is 28.2 Å². The molecule has 0 unspecified atom stereocenters. The standard InChI is InChI=1S/C15H27N3S/c1-5-12-6-8-18(9-7-12)14-16-10-13(19-14)11-17-15(2,3)4/h10,12,17H,5-9,11H2,1-4H3. The maximum absolute atomic E-state index is 4.60. The molecular weight excluding hydrogens is 254 g/mol. The van der Waals surface area contributed by atoms with Gasteiger partial charge in [0.1, 0.15) is 0 Å². The van der Waals surface area contributed by atoms with E-state index in [2.05, 4.69) is 42.9 Å². The van der Waals surface area contributed by atoms with E-state index in [1.54, 1.807) is 0 Å². The first-order chi connectivity index (χ1) is 8.98. The number of anilines is 1. The molecule has 0 aliphatic carbocycles. The zero-order valence-corrected chi connectivity index (χ0v) is 13.5. The third-order valence-electron chi connectivity index (χ3n) is 3.80.